The van der Waals surface area contributed by atoms with Gasteiger partial charge in [0.05, 0.1) is 0 Å². The summed E-state index contributed by atoms with van der Waals surface area (Å²) in [6.45, 7) is 7.58. The van der Waals surface area contributed by atoms with E-state index in [1.807, 2.05) is 14.0 Å². The van der Waals surface area contributed by atoms with Crippen LogP contribution in [0.25, 0.3) is 0 Å². The molecule has 0 unspecified atom stereocenters. The van der Waals surface area contributed by atoms with Gasteiger partial charge in [0.25, 0.3) is 0 Å². The van der Waals surface area contributed by atoms with Crippen LogP contribution in [0.4, 0.5) is 0 Å². The Balaban J connectivity index is 0.00000441. The highest BCUT2D eigenvalue weighted by Gasteiger charge is 2.15. The molecule has 0 bridgehead atoms. The normalized spacial score (nSPS) is 16.2. The van der Waals surface area contributed by atoms with E-state index in [-0.39, 0.29) is 24.0 Å². The molecular weight excluding hydrogens is 393 g/mol. The van der Waals surface area contributed by atoms with Gasteiger partial charge in [0.1, 0.15) is 0 Å². The maximum Gasteiger partial charge on any atom is 0.193 e. The van der Waals surface area contributed by atoms with E-state index in [0.29, 0.717) is 0 Å². The van der Waals surface area contributed by atoms with Crippen molar-refractivity contribution < 1.29 is 9.47 Å². The largest absolute Gasteiger partial charge is 0.382 e. The van der Waals surface area contributed by atoms with Gasteiger partial charge in [-0.1, -0.05) is 0 Å². The molecule has 0 atom stereocenters. The lowest BCUT2D eigenvalue weighted by Crippen LogP contribution is -2.40. The molecule has 0 aliphatic carbocycles. The van der Waals surface area contributed by atoms with E-state index >= 15 is 0 Å². The van der Waals surface area contributed by atoms with Crippen LogP contribution in [-0.2, 0) is 9.47 Å². The van der Waals surface area contributed by atoms with Crippen molar-refractivity contribution in [2.45, 2.75) is 39.0 Å². The third kappa shape index (κ3) is 9.84. The Bertz CT molecular complexity index is 285. The van der Waals surface area contributed by atoms with E-state index in [2.05, 4.69) is 22.3 Å². The van der Waals surface area contributed by atoms with Gasteiger partial charge in [0.15, 0.2) is 5.96 Å². The second kappa shape index (κ2) is 14.5. The zero-order valence-corrected chi connectivity index (χ0v) is 16.8. The summed E-state index contributed by atoms with van der Waals surface area (Å²) in [4.78, 5) is 6.60. The first-order chi connectivity index (χ1) is 10.3. The molecule has 0 saturated carbocycles. The van der Waals surface area contributed by atoms with Gasteiger partial charge in [-0.3, -0.25) is 4.99 Å². The number of aliphatic imine (C=N–C) groups is 1. The number of halogens is 1. The first-order valence-electron chi connectivity index (χ1n) is 8.35. The van der Waals surface area contributed by atoms with E-state index < -0.39 is 0 Å². The summed E-state index contributed by atoms with van der Waals surface area (Å²) in [6, 6.07) is 0. The first-order valence-corrected chi connectivity index (χ1v) is 8.35. The van der Waals surface area contributed by atoms with Crippen molar-refractivity contribution in [3.8, 4) is 0 Å². The number of nitrogens with zero attached hydrogens (tertiary/aromatic N) is 2. The Labute approximate surface area is 153 Å². The fourth-order valence-corrected chi connectivity index (χ4v) is 2.58. The van der Waals surface area contributed by atoms with E-state index in [4.69, 9.17) is 9.47 Å². The third-order valence-electron chi connectivity index (χ3n) is 3.99. The van der Waals surface area contributed by atoms with Crippen molar-refractivity contribution in [1.82, 2.24) is 10.2 Å². The molecule has 0 spiro atoms. The topological polar surface area (TPSA) is 46.1 Å². The minimum Gasteiger partial charge on any atom is -0.382 e. The van der Waals surface area contributed by atoms with Crippen molar-refractivity contribution >= 4 is 29.9 Å². The molecule has 6 heteroatoms. The molecule has 0 radical (unpaired) electrons. The van der Waals surface area contributed by atoms with Gasteiger partial charge < -0.3 is 19.7 Å². The Morgan fingerprint density at radius 2 is 2.05 bits per heavy atom. The van der Waals surface area contributed by atoms with Gasteiger partial charge in [-0.15, -0.1) is 24.0 Å². The molecule has 1 heterocycles. The Morgan fingerprint density at radius 1 is 1.32 bits per heavy atom. The molecule has 0 aromatic carbocycles. The summed E-state index contributed by atoms with van der Waals surface area (Å²) in [5.74, 6) is 1.81. The van der Waals surface area contributed by atoms with Gasteiger partial charge in [-0.2, -0.15) is 0 Å². The molecule has 5 nitrogen and oxygen atoms in total. The SMILES string of the molecule is CCOCCCCNC(=NC)N(C)CCC1CCOCC1.I. The molecule has 1 fully saturated rings. The fourth-order valence-electron chi connectivity index (χ4n) is 2.58. The molecule has 22 heavy (non-hydrogen) atoms. The molecule has 1 saturated heterocycles. The Hall–Kier alpha value is -0.0800. The van der Waals surface area contributed by atoms with Crippen molar-refractivity contribution in [3.63, 3.8) is 0 Å². The average Bonchev–Trinajstić information content (AvgIpc) is 2.53. The van der Waals surface area contributed by atoms with Gasteiger partial charge in [0.2, 0.25) is 0 Å². The number of rotatable bonds is 9. The zero-order chi connectivity index (χ0) is 15.3. The number of unbranched alkanes of at least 4 members (excludes halogenated alkanes) is 1. The molecule has 0 amide bonds. The minimum absolute atomic E-state index is 0. The van der Waals surface area contributed by atoms with Crippen LogP contribution < -0.4 is 5.32 Å². The van der Waals surface area contributed by atoms with Crippen LogP contribution in [0.2, 0.25) is 0 Å². The molecule has 1 aliphatic rings. The van der Waals surface area contributed by atoms with Gasteiger partial charge in [0, 0.05) is 53.6 Å². The zero-order valence-electron chi connectivity index (χ0n) is 14.5. The molecule has 1 aliphatic heterocycles. The summed E-state index contributed by atoms with van der Waals surface area (Å²) in [5, 5.41) is 3.43. The number of ether oxygens (including phenoxy) is 2. The quantitative estimate of drug-likeness (QED) is 0.266. The first kappa shape index (κ1) is 21.9. The molecule has 0 aromatic rings. The van der Waals surface area contributed by atoms with Gasteiger partial charge in [-0.05, 0) is 44.9 Å². The maximum absolute atomic E-state index is 5.41. The molecule has 132 valence electrons. The lowest BCUT2D eigenvalue weighted by atomic mass is 9.96. The highest BCUT2D eigenvalue weighted by Crippen LogP contribution is 2.18. The predicted molar refractivity (Wildman–Crippen MR) is 103 cm³/mol. The average molecular weight is 427 g/mol. The second-order valence-electron chi connectivity index (χ2n) is 5.64. The van der Waals surface area contributed by atoms with Crippen LogP contribution in [0.5, 0.6) is 0 Å². The monoisotopic (exact) mass is 427 g/mol. The Morgan fingerprint density at radius 3 is 2.68 bits per heavy atom. The minimum atomic E-state index is 0. The maximum atomic E-state index is 5.41. The molecule has 0 aromatic heterocycles. The molecular formula is C16H34IN3O2. The van der Waals surface area contributed by atoms with Crippen LogP contribution >= 0.6 is 24.0 Å². The van der Waals surface area contributed by atoms with E-state index in [0.717, 1.165) is 64.2 Å². The van der Waals surface area contributed by atoms with Crippen LogP contribution in [-0.4, -0.2) is 64.5 Å². The van der Waals surface area contributed by atoms with Crippen LogP contribution in [0.15, 0.2) is 4.99 Å². The van der Waals surface area contributed by atoms with Crippen LogP contribution in [0.3, 0.4) is 0 Å². The summed E-state index contributed by atoms with van der Waals surface area (Å²) in [6.07, 6.45) is 5.86. The van der Waals surface area contributed by atoms with Gasteiger partial charge in [-0.25, -0.2) is 0 Å². The number of hydrogen-bond acceptors (Lipinski definition) is 3. The summed E-state index contributed by atoms with van der Waals surface area (Å²) >= 11 is 0. The number of hydrogen-bond donors (Lipinski definition) is 1. The van der Waals surface area contributed by atoms with Crippen molar-refractivity contribution in [2.24, 2.45) is 10.9 Å². The van der Waals surface area contributed by atoms with Gasteiger partial charge >= 0.3 is 0 Å². The van der Waals surface area contributed by atoms with Crippen LogP contribution in [0.1, 0.15) is 39.0 Å². The number of guanidine groups is 1. The van der Waals surface area contributed by atoms with E-state index in [9.17, 15) is 0 Å². The third-order valence-corrected chi connectivity index (χ3v) is 3.99. The van der Waals surface area contributed by atoms with Crippen molar-refractivity contribution in [2.75, 3.05) is 53.6 Å². The number of nitrogens with one attached hydrogen (secondary N) is 1. The summed E-state index contributed by atoms with van der Waals surface area (Å²) in [7, 11) is 3.97. The standard InChI is InChI=1S/C16H33N3O2.HI/c1-4-20-12-6-5-10-18-16(17-2)19(3)11-7-15-8-13-21-14-9-15;/h15H,4-14H2,1-3H3,(H,17,18);1H. The second-order valence-corrected chi connectivity index (χ2v) is 5.64. The predicted octanol–water partition coefficient (Wildman–Crippen LogP) is 2.75. The molecule has 1 N–H and O–H groups in total. The lowest BCUT2D eigenvalue weighted by Gasteiger charge is -2.26. The summed E-state index contributed by atoms with van der Waals surface area (Å²) in [5.41, 5.74) is 0. The highest BCUT2D eigenvalue weighted by atomic mass is 127. The van der Waals surface area contributed by atoms with Crippen LogP contribution in [0, 0.1) is 5.92 Å². The Kier molecular flexibility index (Phi) is 14.5. The van der Waals surface area contributed by atoms with E-state index in [1.165, 1.54) is 19.3 Å². The van der Waals surface area contributed by atoms with Crippen molar-refractivity contribution in [3.05, 3.63) is 0 Å². The van der Waals surface area contributed by atoms with Crippen molar-refractivity contribution in [1.29, 1.82) is 0 Å². The highest BCUT2D eigenvalue weighted by molar-refractivity contribution is 14.0. The smallest absolute Gasteiger partial charge is 0.193 e. The summed E-state index contributed by atoms with van der Waals surface area (Å²) < 4.78 is 10.8. The fraction of sp³-hybridized carbons (Fsp3) is 0.938. The van der Waals surface area contributed by atoms with E-state index in [1.54, 1.807) is 0 Å². The molecule has 1 rings (SSSR count). The lowest BCUT2D eigenvalue weighted by molar-refractivity contribution is 0.0625.